The molecule has 0 atom stereocenters. The molecule has 0 radical (unpaired) electrons. The molecule has 6 heteroatoms. The van der Waals surface area contributed by atoms with E-state index >= 15 is 0 Å². The Kier molecular flexibility index (Phi) is 7.73. The molecule has 0 bridgehead atoms. The van der Waals surface area contributed by atoms with Crippen molar-refractivity contribution in [3.8, 4) is 5.75 Å². The van der Waals surface area contributed by atoms with Gasteiger partial charge in [0, 0.05) is 25.7 Å². The number of hydrogen-bond donors (Lipinski definition) is 0. The van der Waals surface area contributed by atoms with Gasteiger partial charge in [0.1, 0.15) is 12.3 Å². The number of benzene rings is 1. The Balaban J connectivity index is 1.98. The number of amides is 1. The van der Waals surface area contributed by atoms with Gasteiger partial charge in [0.15, 0.2) is 0 Å². The number of nitrogens with zero attached hydrogens (tertiary/aromatic N) is 1. The third-order valence-corrected chi connectivity index (χ3v) is 4.32. The molecule has 2 rings (SSSR count). The third kappa shape index (κ3) is 6.05. The highest BCUT2D eigenvalue weighted by atomic mass is 16.5. The molecule has 1 aliphatic rings. The van der Waals surface area contributed by atoms with Gasteiger partial charge in [-0.1, -0.05) is 12.1 Å². The van der Waals surface area contributed by atoms with Gasteiger partial charge in [0.2, 0.25) is 5.91 Å². The van der Waals surface area contributed by atoms with Crippen molar-refractivity contribution in [2.75, 3.05) is 33.5 Å². The van der Waals surface area contributed by atoms with Gasteiger partial charge >= 0.3 is 5.97 Å². The van der Waals surface area contributed by atoms with Crippen LogP contribution in [0.15, 0.2) is 24.3 Å². The number of carbonyl (C=O) groups is 2. The van der Waals surface area contributed by atoms with Gasteiger partial charge in [-0.25, -0.2) is 0 Å². The maximum atomic E-state index is 12.8. The SMILES string of the molecule is CCOC(=O)CN(C(=O)CCc1cccc(OC)c1)C1CCOCC1. The first-order valence-corrected chi connectivity index (χ1v) is 8.79. The van der Waals surface area contributed by atoms with E-state index in [-0.39, 0.29) is 24.5 Å². The predicted octanol–water partition coefficient (Wildman–Crippen LogP) is 2.20. The summed E-state index contributed by atoms with van der Waals surface area (Å²) < 4.78 is 15.6. The summed E-state index contributed by atoms with van der Waals surface area (Å²) in [5.41, 5.74) is 1.04. The third-order valence-electron chi connectivity index (χ3n) is 4.32. The van der Waals surface area contributed by atoms with Gasteiger partial charge in [-0.2, -0.15) is 0 Å². The van der Waals surface area contributed by atoms with Crippen molar-refractivity contribution in [1.82, 2.24) is 4.90 Å². The van der Waals surface area contributed by atoms with E-state index in [0.29, 0.717) is 32.7 Å². The number of methoxy groups -OCH3 is 1. The number of rotatable bonds is 8. The van der Waals surface area contributed by atoms with Gasteiger partial charge in [-0.3, -0.25) is 9.59 Å². The minimum Gasteiger partial charge on any atom is -0.497 e. The zero-order chi connectivity index (χ0) is 18.1. The summed E-state index contributed by atoms with van der Waals surface area (Å²) in [4.78, 5) is 26.3. The summed E-state index contributed by atoms with van der Waals surface area (Å²) in [6.07, 6.45) is 2.47. The van der Waals surface area contributed by atoms with Crippen molar-refractivity contribution in [3.63, 3.8) is 0 Å². The summed E-state index contributed by atoms with van der Waals surface area (Å²) in [6, 6.07) is 7.72. The fourth-order valence-corrected chi connectivity index (χ4v) is 2.99. The van der Waals surface area contributed by atoms with E-state index in [4.69, 9.17) is 14.2 Å². The minimum absolute atomic E-state index is 0.00938. The van der Waals surface area contributed by atoms with Crippen molar-refractivity contribution in [1.29, 1.82) is 0 Å². The summed E-state index contributed by atoms with van der Waals surface area (Å²) in [5, 5.41) is 0. The summed E-state index contributed by atoms with van der Waals surface area (Å²) in [5.74, 6) is 0.393. The van der Waals surface area contributed by atoms with E-state index in [1.807, 2.05) is 24.3 Å². The maximum absolute atomic E-state index is 12.8. The number of hydrogen-bond acceptors (Lipinski definition) is 5. The van der Waals surface area contributed by atoms with E-state index in [9.17, 15) is 9.59 Å². The topological polar surface area (TPSA) is 65.1 Å². The van der Waals surface area contributed by atoms with Crippen LogP contribution in [0.4, 0.5) is 0 Å². The molecule has 1 aromatic carbocycles. The van der Waals surface area contributed by atoms with Gasteiger partial charge in [-0.05, 0) is 43.9 Å². The standard InChI is InChI=1S/C19H27NO5/c1-3-25-19(22)14-20(16-9-11-24-12-10-16)18(21)8-7-15-5-4-6-17(13-15)23-2/h4-6,13,16H,3,7-12,14H2,1-2H3. The highest BCUT2D eigenvalue weighted by molar-refractivity contribution is 5.82. The van der Waals surface area contributed by atoms with Gasteiger partial charge in [-0.15, -0.1) is 0 Å². The number of aryl methyl sites for hydroxylation is 1. The van der Waals surface area contributed by atoms with Crippen LogP contribution < -0.4 is 4.74 Å². The monoisotopic (exact) mass is 349 g/mol. The number of ether oxygens (including phenoxy) is 3. The molecule has 1 aromatic rings. The number of esters is 1. The average Bonchev–Trinajstić information content (AvgIpc) is 2.65. The highest BCUT2D eigenvalue weighted by Gasteiger charge is 2.27. The highest BCUT2D eigenvalue weighted by Crippen LogP contribution is 2.18. The van der Waals surface area contributed by atoms with E-state index < -0.39 is 0 Å². The Labute approximate surface area is 149 Å². The van der Waals surface area contributed by atoms with Gasteiger partial charge in [0.25, 0.3) is 0 Å². The molecule has 6 nitrogen and oxygen atoms in total. The molecule has 25 heavy (non-hydrogen) atoms. The van der Waals surface area contributed by atoms with E-state index in [1.165, 1.54) is 0 Å². The Morgan fingerprint density at radius 3 is 2.72 bits per heavy atom. The molecular weight excluding hydrogens is 322 g/mol. The van der Waals surface area contributed by atoms with Crippen molar-refractivity contribution in [3.05, 3.63) is 29.8 Å². The second-order valence-corrected chi connectivity index (χ2v) is 6.02. The molecule has 1 aliphatic heterocycles. The van der Waals surface area contributed by atoms with E-state index in [0.717, 1.165) is 24.2 Å². The van der Waals surface area contributed by atoms with E-state index in [2.05, 4.69) is 0 Å². The summed E-state index contributed by atoms with van der Waals surface area (Å²) >= 11 is 0. The zero-order valence-electron chi connectivity index (χ0n) is 15.0. The van der Waals surface area contributed by atoms with Crippen LogP contribution in [0.25, 0.3) is 0 Å². The first kappa shape index (κ1) is 19.2. The first-order chi connectivity index (χ1) is 12.1. The zero-order valence-corrected chi connectivity index (χ0v) is 15.0. The fraction of sp³-hybridized carbons (Fsp3) is 0.579. The molecule has 1 fully saturated rings. The van der Waals surface area contributed by atoms with Crippen molar-refractivity contribution in [2.45, 2.75) is 38.6 Å². The fourth-order valence-electron chi connectivity index (χ4n) is 2.99. The van der Waals surface area contributed by atoms with E-state index in [1.54, 1.807) is 18.9 Å². The van der Waals surface area contributed by atoms with Crippen molar-refractivity contribution in [2.24, 2.45) is 0 Å². The molecule has 0 aromatic heterocycles. The largest absolute Gasteiger partial charge is 0.497 e. The van der Waals surface area contributed by atoms with Crippen LogP contribution in [-0.2, 0) is 25.5 Å². The van der Waals surface area contributed by atoms with Crippen LogP contribution in [-0.4, -0.2) is 56.3 Å². The Morgan fingerprint density at radius 1 is 1.28 bits per heavy atom. The second kappa shape index (κ2) is 10.0. The normalized spacial score (nSPS) is 14.8. The lowest BCUT2D eigenvalue weighted by Gasteiger charge is -2.33. The number of carbonyl (C=O) groups excluding carboxylic acids is 2. The Hall–Kier alpha value is -2.08. The molecule has 0 spiro atoms. The Morgan fingerprint density at radius 2 is 2.04 bits per heavy atom. The maximum Gasteiger partial charge on any atom is 0.325 e. The van der Waals surface area contributed by atoms with Gasteiger partial charge < -0.3 is 19.1 Å². The lowest BCUT2D eigenvalue weighted by Crippen LogP contribution is -2.46. The first-order valence-electron chi connectivity index (χ1n) is 8.79. The van der Waals surface area contributed by atoms with Crippen LogP contribution in [0, 0.1) is 0 Å². The van der Waals surface area contributed by atoms with Crippen LogP contribution in [0.3, 0.4) is 0 Å². The molecule has 0 aliphatic carbocycles. The van der Waals surface area contributed by atoms with Crippen LogP contribution in [0.1, 0.15) is 31.7 Å². The van der Waals surface area contributed by atoms with Crippen LogP contribution in [0.2, 0.25) is 0 Å². The smallest absolute Gasteiger partial charge is 0.325 e. The summed E-state index contributed by atoms with van der Waals surface area (Å²) in [7, 11) is 1.62. The molecular formula is C19H27NO5. The average molecular weight is 349 g/mol. The molecule has 1 heterocycles. The van der Waals surface area contributed by atoms with Gasteiger partial charge in [0.05, 0.1) is 13.7 Å². The van der Waals surface area contributed by atoms with Crippen molar-refractivity contribution >= 4 is 11.9 Å². The molecule has 1 amide bonds. The quantitative estimate of drug-likeness (QED) is 0.673. The summed E-state index contributed by atoms with van der Waals surface area (Å²) in [6.45, 7) is 3.33. The lowest BCUT2D eigenvalue weighted by atomic mass is 10.0. The molecule has 0 unspecified atom stereocenters. The van der Waals surface area contributed by atoms with Crippen LogP contribution in [0.5, 0.6) is 5.75 Å². The molecule has 0 N–H and O–H groups in total. The van der Waals surface area contributed by atoms with Crippen LogP contribution >= 0.6 is 0 Å². The van der Waals surface area contributed by atoms with Crippen molar-refractivity contribution < 1.29 is 23.8 Å². The lowest BCUT2D eigenvalue weighted by molar-refractivity contribution is -0.151. The second-order valence-electron chi connectivity index (χ2n) is 6.02. The molecule has 138 valence electrons. The Bertz CT molecular complexity index is 569. The predicted molar refractivity (Wildman–Crippen MR) is 93.5 cm³/mol. The molecule has 1 saturated heterocycles. The molecule has 0 saturated carbocycles. The minimum atomic E-state index is -0.358.